The molecule has 120 valence electrons. The summed E-state index contributed by atoms with van der Waals surface area (Å²) in [6, 6.07) is 12.4. The minimum Gasteiger partial charge on any atom is -0.483 e. The van der Waals surface area contributed by atoms with Crippen molar-refractivity contribution in [2.75, 3.05) is 19.0 Å². The molecule has 0 bridgehead atoms. The Bertz CT molecular complexity index is 704. The minimum atomic E-state index is -0.451. The fourth-order valence-electron chi connectivity index (χ4n) is 2.20. The third-order valence-corrected chi connectivity index (χ3v) is 3.32. The van der Waals surface area contributed by atoms with E-state index in [0.29, 0.717) is 17.0 Å². The van der Waals surface area contributed by atoms with E-state index < -0.39 is 5.97 Å². The molecule has 0 aliphatic rings. The van der Waals surface area contributed by atoms with Crippen molar-refractivity contribution in [1.82, 2.24) is 0 Å². The van der Waals surface area contributed by atoms with Gasteiger partial charge < -0.3 is 14.8 Å². The molecule has 0 aromatic heterocycles. The molecule has 0 spiro atoms. The highest BCUT2D eigenvalue weighted by Crippen LogP contribution is 2.22. The first kappa shape index (κ1) is 16.5. The fourth-order valence-corrected chi connectivity index (χ4v) is 2.20. The summed E-state index contributed by atoms with van der Waals surface area (Å²) in [7, 11) is 1.31. The van der Waals surface area contributed by atoms with Gasteiger partial charge >= 0.3 is 5.97 Å². The number of benzene rings is 2. The minimum absolute atomic E-state index is 0.103. The molecule has 0 heterocycles. The summed E-state index contributed by atoms with van der Waals surface area (Å²) in [5.41, 5.74) is 2.85. The first-order valence-corrected chi connectivity index (χ1v) is 7.18. The lowest BCUT2D eigenvalue weighted by molar-refractivity contribution is -0.118. The average molecular weight is 313 g/mol. The van der Waals surface area contributed by atoms with Crippen LogP contribution in [0.3, 0.4) is 0 Å². The quantitative estimate of drug-likeness (QED) is 0.861. The predicted molar refractivity (Wildman–Crippen MR) is 87.8 cm³/mol. The molecule has 23 heavy (non-hydrogen) atoms. The van der Waals surface area contributed by atoms with E-state index in [-0.39, 0.29) is 12.5 Å². The predicted octanol–water partition coefficient (Wildman–Crippen LogP) is 3.11. The smallest absolute Gasteiger partial charge is 0.337 e. The Morgan fingerprint density at radius 1 is 1.04 bits per heavy atom. The van der Waals surface area contributed by atoms with Gasteiger partial charge in [-0.15, -0.1) is 0 Å². The second-order valence-electron chi connectivity index (χ2n) is 5.13. The van der Waals surface area contributed by atoms with Crippen molar-refractivity contribution in [1.29, 1.82) is 0 Å². The monoisotopic (exact) mass is 313 g/mol. The molecule has 2 rings (SSSR count). The maximum atomic E-state index is 12.0. The number of para-hydroxylation sites is 1. The van der Waals surface area contributed by atoms with Gasteiger partial charge in [-0.05, 0) is 43.2 Å². The summed E-state index contributed by atoms with van der Waals surface area (Å²) in [5, 5.41) is 2.70. The zero-order valence-corrected chi connectivity index (χ0v) is 13.4. The average Bonchev–Trinajstić information content (AvgIpc) is 2.54. The van der Waals surface area contributed by atoms with E-state index in [1.165, 1.54) is 7.11 Å². The third-order valence-electron chi connectivity index (χ3n) is 3.32. The van der Waals surface area contributed by atoms with Gasteiger partial charge in [-0.25, -0.2) is 4.79 Å². The highest BCUT2D eigenvalue weighted by atomic mass is 16.5. The Balaban J connectivity index is 1.99. The van der Waals surface area contributed by atoms with Crippen molar-refractivity contribution in [3.05, 3.63) is 59.2 Å². The number of nitrogens with one attached hydrogen (secondary N) is 1. The van der Waals surface area contributed by atoms with Gasteiger partial charge in [0.15, 0.2) is 6.61 Å². The molecular weight excluding hydrogens is 294 g/mol. The van der Waals surface area contributed by atoms with Crippen LogP contribution in [0.15, 0.2) is 42.5 Å². The number of anilines is 1. The molecule has 0 atom stereocenters. The SMILES string of the molecule is COC(=O)c1cccc(NC(=O)COc2c(C)cccc2C)c1. The van der Waals surface area contributed by atoms with E-state index in [2.05, 4.69) is 10.1 Å². The summed E-state index contributed by atoms with van der Waals surface area (Å²) < 4.78 is 10.2. The van der Waals surface area contributed by atoms with Crippen molar-refractivity contribution in [2.24, 2.45) is 0 Å². The molecular formula is C18H19NO4. The van der Waals surface area contributed by atoms with Crippen LogP contribution < -0.4 is 10.1 Å². The zero-order valence-electron chi connectivity index (χ0n) is 13.4. The van der Waals surface area contributed by atoms with Crippen LogP contribution in [-0.2, 0) is 9.53 Å². The lowest BCUT2D eigenvalue weighted by Gasteiger charge is -2.12. The number of methoxy groups -OCH3 is 1. The van der Waals surface area contributed by atoms with Crippen LogP contribution in [0.1, 0.15) is 21.5 Å². The van der Waals surface area contributed by atoms with Crippen LogP contribution >= 0.6 is 0 Å². The van der Waals surface area contributed by atoms with Gasteiger partial charge in [0, 0.05) is 5.69 Å². The fraction of sp³-hybridized carbons (Fsp3) is 0.222. The Labute approximate surface area is 135 Å². The van der Waals surface area contributed by atoms with Crippen LogP contribution in [0.5, 0.6) is 5.75 Å². The number of carbonyl (C=O) groups is 2. The molecule has 1 amide bonds. The van der Waals surface area contributed by atoms with E-state index in [1.54, 1.807) is 24.3 Å². The van der Waals surface area contributed by atoms with Gasteiger partial charge in [-0.3, -0.25) is 4.79 Å². The van der Waals surface area contributed by atoms with Crippen LogP contribution in [0.2, 0.25) is 0 Å². The molecule has 0 aliphatic carbocycles. The topological polar surface area (TPSA) is 64.6 Å². The number of hydrogen-bond acceptors (Lipinski definition) is 4. The molecule has 2 aromatic rings. The van der Waals surface area contributed by atoms with Crippen molar-refractivity contribution >= 4 is 17.6 Å². The number of hydrogen-bond donors (Lipinski definition) is 1. The second-order valence-corrected chi connectivity index (χ2v) is 5.13. The van der Waals surface area contributed by atoms with Crippen LogP contribution in [0.4, 0.5) is 5.69 Å². The van der Waals surface area contributed by atoms with Gasteiger partial charge in [0.1, 0.15) is 5.75 Å². The van der Waals surface area contributed by atoms with Gasteiger partial charge in [-0.1, -0.05) is 24.3 Å². The highest BCUT2D eigenvalue weighted by molar-refractivity contribution is 5.95. The number of ether oxygens (including phenoxy) is 2. The molecule has 0 saturated carbocycles. The standard InChI is InChI=1S/C18H19NO4/c1-12-6-4-7-13(2)17(12)23-11-16(20)19-15-9-5-8-14(10-15)18(21)22-3/h4-10H,11H2,1-3H3,(H,19,20). The lowest BCUT2D eigenvalue weighted by atomic mass is 10.1. The number of carbonyl (C=O) groups excluding carboxylic acids is 2. The molecule has 0 radical (unpaired) electrons. The number of aryl methyl sites for hydroxylation is 2. The molecule has 5 heteroatoms. The molecule has 0 aliphatic heterocycles. The van der Waals surface area contributed by atoms with E-state index in [9.17, 15) is 9.59 Å². The normalized spacial score (nSPS) is 10.0. The van der Waals surface area contributed by atoms with Gasteiger partial charge in [0.25, 0.3) is 5.91 Å². The Morgan fingerprint density at radius 2 is 1.70 bits per heavy atom. The number of rotatable bonds is 5. The molecule has 0 unspecified atom stereocenters. The molecule has 5 nitrogen and oxygen atoms in total. The van der Waals surface area contributed by atoms with Crippen LogP contribution in [0, 0.1) is 13.8 Å². The largest absolute Gasteiger partial charge is 0.483 e. The Hall–Kier alpha value is -2.82. The Kier molecular flexibility index (Phi) is 5.36. The van der Waals surface area contributed by atoms with Gasteiger partial charge in [0.05, 0.1) is 12.7 Å². The molecule has 2 aromatic carbocycles. The summed E-state index contributed by atoms with van der Waals surface area (Å²) in [6.07, 6.45) is 0. The number of amides is 1. The highest BCUT2D eigenvalue weighted by Gasteiger charge is 2.10. The van der Waals surface area contributed by atoms with E-state index in [1.807, 2.05) is 32.0 Å². The first-order chi connectivity index (χ1) is 11.0. The summed E-state index contributed by atoms with van der Waals surface area (Å²) in [4.78, 5) is 23.5. The molecule has 0 saturated heterocycles. The maximum absolute atomic E-state index is 12.0. The Morgan fingerprint density at radius 3 is 2.35 bits per heavy atom. The zero-order chi connectivity index (χ0) is 16.8. The van der Waals surface area contributed by atoms with Gasteiger partial charge in [0.2, 0.25) is 0 Å². The summed E-state index contributed by atoms with van der Waals surface area (Å²) >= 11 is 0. The lowest BCUT2D eigenvalue weighted by Crippen LogP contribution is -2.20. The van der Waals surface area contributed by atoms with E-state index >= 15 is 0 Å². The molecule has 1 N–H and O–H groups in total. The summed E-state index contributed by atoms with van der Waals surface area (Å²) in [6.45, 7) is 3.76. The van der Waals surface area contributed by atoms with Crippen molar-refractivity contribution in [2.45, 2.75) is 13.8 Å². The second kappa shape index (κ2) is 7.45. The summed E-state index contributed by atoms with van der Waals surface area (Å²) in [5.74, 6) is -0.0338. The van der Waals surface area contributed by atoms with Gasteiger partial charge in [-0.2, -0.15) is 0 Å². The van der Waals surface area contributed by atoms with E-state index in [4.69, 9.17) is 4.74 Å². The molecule has 0 fully saturated rings. The number of esters is 1. The van der Waals surface area contributed by atoms with Crippen molar-refractivity contribution < 1.29 is 19.1 Å². The van der Waals surface area contributed by atoms with Crippen LogP contribution in [-0.4, -0.2) is 25.6 Å². The first-order valence-electron chi connectivity index (χ1n) is 7.18. The van der Waals surface area contributed by atoms with Crippen molar-refractivity contribution in [3.8, 4) is 5.75 Å². The maximum Gasteiger partial charge on any atom is 0.337 e. The van der Waals surface area contributed by atoms with E-state index in [0.717, 1.165) is 11.1 Å². The van der Waals surface area contributed by atoms with Crippen molar-refractivity contribution in [3.63, 3.8) is 0 Å². The van der Waals surface area contributed by atoms with Crippen LogP contribution in [0.25, 0.3) is 0 Å². The third kappa shape index (κ3) is 4.32.